The number of carbonyl (C=O) groups excluding carboxylic acids is 1. The zero-order chi connectivity index (χ0) is 20.6. The van der Waals surface area contributed by atoms with E-state index < -0.39 is 25.8 Å². The molecule has 0 unspecified atom stereocenters. The SMILES string of the molecule is CCC(CC)O[C@@H]1C=C(P(=O)(O)O)C[C@H](N=[N+]=[N-])[C@H]1NC(=O)C(CC)CC. The van der Waals surface area contributed by atoms with Crippen molar-refractivity contribution in [3.63, 3.8) is 0 Å². The minimum atomic E-state index is -4.51. The van der Waals surface area contributed by atoms with Crippen LogP contribution in [0.5, 0.6) is 0 Å². The summed E-state index contributed by atoms with van der Waals surface area (Å²) >= 11 is 0. The third-order valence-electron chi connectivity index (χ3n) is 5.04. The van der Waals surface area contributed by atoms with Gasteiger partial charge in [-0.2, -0.15) is 0 Å². The second-order valence-corrected chi connectivity index (χ2v) is 8.43. The predicted molar refractivity (Wildman–Crippen MR) is 103 cm³/mol. The van der Waals surface area contributed by atoms with Crippen molar-refractivity contribution in [1.29, 1.82) is 0 Å². The quantitative estimate of drug-likeness (QED) is 0.221. The van der Waals surface area contributed by atoms with Crippen LogP contribution in [-0.4, -0.2) is 40.0 Å². The molecule has 27 heavy (non-hydrogen) atoms. The zero-order valence-corrected chi connectivity index (χ0v) is 17.3. The van der Waals surface area contributed by atoms with Crippen molar-refractivity contribution < 1.29 is 23.9 Å². The van der Waals surface area contributed by atoms with Crippen molar-refractivity contribution >= 4 is 13.5 Å². The number of azide groups is 1. The van der Waals surface area contributed by atoms with E-state index in [1.165, 1.54) is 6.08 Å². The van der Waals surface area contributed by atoms with E-state index in [2.05, 4.69) is 15.3 Å². The van der Waals surface area contributed by atoms with Crippen LogP contribution in [0.15, 0.2) is 16.5 Å². The van der Waals surface area contributed by atoms with Crippen LogP contribution in [0.4, 0.5) is 0 Å². The molecule has 0 radical (unpaired) electrons. The molecule has 0 bridgehead atoms. The second kappa shape index (κ2) is 10.8. The fourth-order valence-electron chi connectivity index (χ4n) is 3.26. The number of carbonyl (C=O) groups is 1. The molecule has 1 rings (SSSR count). The molecular weight excluding hydrogens is 371 g/mol. The van der Waals surface area contributed by atoms with Gasteiger partial charge in [0.2, 0.25) is 5.91 Å². The van der Waals surface area contributed by atoms with Gasteiger partial charge >= 0.3 is 7.60 Å². The van der Waals surface area contributed by atoms with Crippen LogP contribution in [0.25, 0.3) is 10.4 Å². The number of hydrogen-bond donors (Lipinski definition) is 3. The van der Waals surface area contributed by atoms with Crippen molar-refractivity contribution in [3.8, 4) is 0 Å². The van der Waals surface area contributed by atoms with Crippen LogP contribution in [0.3, 0.4) is 0 Å². The first kappa shape index (κ1) is 23.7. The Bertz CT molecular complexity index is 621. The van der Waals surface area contributed by atoms with E-state index in [1.54, 1.807) is 0 Å². The summed E-state index contributed by atoms with van der Waals surface area (Å²) in [6.45, 7) is 7.74. The van der Waals surface area contributed by atoms with Crippen molar-refractivity contribution in [3.05, 3.63) is 21.8 Å². The zero-order valence-electron chi connectivity index (χ0n) is 16.4. The highest BCUT2D eigenvalue weighted by Gasteiger charge is 2.40. The fourth-order valence-corrected chi connectivity index (χ4v) is 4.03. The topological polar surface area (TPSA) is 145 Å². The molecule has 0 fully saturated rings. The molecule has 0 aliphatic heterocycles. The van der Waals surface area contributed by atoms with Crippen LogP contribution >= 0.6 is 7.60 Å². The molecule has 0 saturated carbocycles. The van der Waals surface area contributed by atoms with Gasteiger partial charge in [0.1, 0.15) is 0 Å². The molecule has 0 aromatic carbocycles. The van der Waals surface area contributed by atoms with Gasteiger partial charge in [-0.1, -0.05) is 32.8 Å². The Morgan fingerprint density at radius 1 is 1.33 bits per heavy atom. The Labute approximate surface area is 160 Å². The summed E-state index contributed by atoms with van der Waals surface area (Å²) in [5, 5.41) is 6.49. The molecule has 0 spiro atoms. The summed E-state index contributed by atoms with van der Waals surface area (Å²) in [7, 11) is -4.51. The van der Waals surface area contributed by atoms with E-state index in [0.717, 1.165) is 0 Å². The molecule has 154 valence electrons. The Kier molecular flexibility index (Phi) is 9.50. The van der Waals surface area contributed by atoms with Gasteiger partial charge in [-0.25, -0.2) is 0 Å². The van der Waals surface area contributed by atoms with Gasteiger partial charge in [0.05, 0.1) is 24.3 Å². The molecule has 3 atom stereocenters. The molecule has 0 heterocycles. The number of nitrogens with zero attached hydrogens (tertiary/aromatic N) is 3. The number of hydrogen-bond acceptors (Lipinski definition) is 4. The van der Waals surface area contributed by atoms with Gasteiger partial charge in [0, 0.05) is 16.1 Å². The molecule has 0 saturated heterocycles. The first-order valence-corrected chi connectivity index (χ1v) is 11.1. The fraction of sp³-hybridized carbons (Fsp3) is 0.824. The van der Waals surface area contributed by atoms with Crippen molar-refractivity contribution in [2.45, 2.75) is 84.1 Å². The maximum atomic E-state index is 12.6. The lowest BCUT2D eigenvalue weighted by atomic mass is 9.92. The van der Waals surface area contributed by atoms with Gasteiger partial charge in [-0.05, 0) is 43.7 Å². The number of amides is 1. The standard InChI is InChI=1S/C17H31N4O5P/c1-5-11(6-2)17(22)19-16-14(20-21-18)9-13(27(23,24)25)10-15(16)26-12(7-3)8-4/h10-12,14-16H,5-9H2,1-4H3,(H,19,22)(H2,23,24,25)/t14-,15+,16+/m0/s1. The average Bonchev–Trinajstić information content (AvgIpc) is 2.62. The normalized spacial score (nSPS) is 23.1. The molecule has 1 aliphatic rings. The van der Waals surface area contributed by atoms with E-state index in [4.69, 9.17) is 10.3 Å². The minimum absolute atomic E-state index is 0.120. The van der Waals surface area contributed by atoms with Crippen LogP contribution in [-0.2, 0) is 14.1 Å². The van der Waals surface area contributed by atoms with Crippen molar-refractivity contribution in [2.24, 2.45) is 11.0 Å². The smallest absolute Gasteiger partial charge is 0.351 e. The van der Waals surface area contributed by atoms with Gasteiger partial charge < -0.3 is 19.8 Å². The lowest BCUT2D eigenvalue weighted by molar-refractivity contribution is -0.127. The van der Waals surface area contributed by atoms with E-state index in [1.807, 2.05) is 27.7 Å². The number of nitrogens with one attached hydrogen (secondary N) is 1. The summed E-state index contributed by atoms with van der Waals surface area (Å²) < 4.78 is 17.8. The third-order valence-corrected chi connectivity index (χ3v) is 6.12. The van der Waals surface area contributed by atoms with Crippen molar-refractivity contribution in [1.82, 2.24) is 5.32 Å². The summed E-state index contributed by atoms with van der Waals surface area (Å²) in [6, 6.07) is -1.51. The van der Waals surface area contributed by atoms with Gasteiger partial charge in [-0.3, -0.25) is 9.36 Å². The van der Waals surface area contributed by atoms with Gasteiger partial charge in [0.15, 0.2) is 0 Å². The molecule has 3 N–H and O–H groups in total. The summed E-state index contributed by atoms with van der Waals surface area (Å²) in [5.41, 5.74) is 8.91. The van der Waals surface area contributed by atoms with E-state index in [-0.39, 0.29) is 29.7 Å². The number of ether oxygens (including phenoxy) is 1. The Hall–Kier alpha value is -1.37. The van der Waals surface area contributed by atoms with Crippen LogP contribution in [0, 0.1) is 5.92 Å². The van der Waals surface area contributed by atoms with E-state index in [9.17, 15) is 19.1 Å². The van der Waals surface area contributed by atoms with Gasteiger partial charge in [-0.15, -0.1) is 0 Å². The summed E-state index contributed by atoms with van der Waals surface area (Å²) in [5.74, 6) is -0.355. The highest BCUT2D eigenvalue weighted by Crippen LogP contribution is 2.50. The lowest BCUT2D eigenvalue weighted by Gasteiger charge is -2.37. The van der Waals surface area contributed by atoms with Crippen LogP contribution in [0.1, 0.15) is 59.8 Å². The molecule has 9 nitrogen and oxygen atoms in total. The first-order chi connectivity index (χ1) is 12.7. The molecule has 1 amide bonds. The maximum absolute atomic E-state index is 12.6. The molecule has 0 aromatic heterocycles. The second-order valence-electron chi connectivity index (χ2n) is 6.77. The number of rotatable bonds is 10. The summed E-state index contributed by atoms with van der Waals surface area (Å²) in [6.07, 6.45) is 3.12. The maximum Gasteiger partial charge on any atom is 0.351 e. The van der Waals surface area contributed by atoms with Crippen molar-refractivity contribution in [2.75, 3.05) is 0 Å². The Balaban J connectivity index is 3.27. The average molecular weight is 402 g/mol. The first-order valence-electron chi connectivity index (χ1n) is 9.48. The molecule has 0 aromatic rings. The van der Waals surface area contributed by atoms with E-state index >= 15 is 0 Å². The summed E-state index contributed by atoms with van der Waals surface area (Å²) in [4.78, 5) is 34.6. The Morgan fingerprint density at radius 2 is 1.93 bits per heavy atom. The monoisotopic (exact) mass is 402 g/mol. The Morgan fingerprint density at radius 3 is 2.37 bits per heavy atom. The molecular formula is C17H31N4O5P. The molecule has 1 aliphatic carbocycles. The lowest BCUT2D eigenvalue weighted by Crippen LogP contribution is -2.54. The van der Waals surface area contributed by atoms with E-state index in [0.29, 0.717) is 25.7 Å². The van der Waals surface area contributed by atoms with Crippen LogP contribution < -0.4 is 5.32 Å². The largest absolute Gasteiger partial charge is 0.369 e. The van der Waals surface area contributed by atoms with Gasteiger partial charge in [0.25, 0.3) is 0 Å². The third kappa shape index (κ3) is 6.63. The highest BCUT2D eigenvalue weighted by molar-refractivity contribution is 7.56. The predicted octanol–water partition coefficient (Wildman–Crippen LogP) is 3.63. The van der Waals surface area contributed by atoms with Crippen LogP contribution in [0.2, 0.25) is 0 Å². The highest BCUT2D eigenvalue weighted by atomic mass is 31.2. The minimum Gasteiger partial charge on any atom is -0.369 e. The molecule has 10 heteroatoms.